The zero-order valence-electron chi connectivity index (χ0n) is 15.6. The predicted octanol–water partition coefficient (Wildman–Crippen LogP) is 3.00. The second-order valence-electron chi connectivity index (χ2n) is 6.61. The molecule has 0 saturated carbocycles. The minimum absolute atomic E-state index is 0.00553. The van der Waals surface area contributed by atoms with Crippen molar-refractivity contribution < 1.29 is 24.2 Å². The van der Waals surface area contributed by atoms with Crippen LogP contribution in [0.5, 0.6) is 0 Å². The van der Waals surface area contributed by atoms with E-state index in [0.29, 0.717) is 0 Å². The minimum Gasteiger partial charge on any atom is -0.460 e. The number of esters is 1. The maximum absolute atomic E-state index is 12.2. The third-order valence-corrected chi connectivity index (χ3v) is 4.70. The molecule has 2 atom stereocenters. The van der Waals surface area contributed by atoms with Crippen LogP contribution < -0.4 is 5.32 Å². The number of hydrogen-bond donors (Lipinski definition) is 2. The normalized spacial score (nSPS) is 14.4. The number of hydrogen-bond acceptors (Lipinski definition) is 5. The lowest BCUT2D eigenvalue weighted by molar-refractivity contribution is -0.147. The van der Waals surface area contributed by atoms with E-state index in [9.17, 15) is 14.7 Å². The maximum Gasteiger partial charge on any atom is 0.407 e. The van der Waals surface area contributed by atoms with Gasteiger partial charge < -0.3 is 19.9 Å². The van der Waals surface area contributed by atoms with E-state index < -0.39 is 24.2 Å². The summed E-state index contributed by atoms with van der Waals surface area (Å²) < 4.78 is 10.3. The third-order valence-electron chi connectivity index (χ3n) is 4.70. The van der Waals surface area contributed by atoms with Crippen LogP contribution in [-0.4, -0.2) is 42.5 Å². The van der Waals surface area contributed by atoms with E-state index in [4.69, 9.17) is 9.47 Å². The molecule has 1 aliphatic carbocycles. The van der Waals surface area contributed by atoms with Crippen molar-refractivity contribution in [3.05, 3.63) is 72.3 Å². The standard InChI is InChI=1S/C22H23NO5/c1-3-12-27-21(25)20(14(2)24)23-22(26)28-13-19-17-10-6-4-8-15(17)16-9-5-7-11-18(16)19/h3-11,14,19-20,24H,1,12-13H2,2H3,(H,23,26). The Bertz CT molecular complexity index is 831. The molecule has 2 N–H and O–H groups in total. The molecule has 2 unspecified atom stereocenters. The molecule has 0 saturated heterocycles. The van der Waals surface area contributed by atoms with Crippen molar-refractivity contribution in [3.63, 3.8) is 0 Å². The predicted molar refractivity (Wildman–Crippen MR) is 105 cm³/mol. The molecule has 0 heterocycles. The molecule has 0 bridgehead atoms. The molecule has 6 heteroatoms. The molecular formula is C22H23NO5. The van der Waals surface area contributed by atoms with Gasteiger partial charge in [0.15, 0.2) is 6.04 Å². The Balaban J connectivity index is 1.67. The zero-order chi connectivity index (χ0) is 20.1. The van der Waals surface area contributed by atoms with Gasteiger partial charge in [-0.2, -0.15) is 0 Å². The molecule has 0 radical (unpaired) electrons. The van der Waals surface area contributed by atoms with Gasteiger partial charge in [0.25, 0.3) is 0 Å². The van der Waals surface area contributed by atoms with E-state index in [-0.39, 0.29) is 19.1 Å². The topological polar surface area (TPSA) is 84.9 Å². The van der Waals surface area contributed by atoms with Crippen molar-refractivity contribution in [1.82, 2.24) is 5.32 Å². The number of alkyl carbamates (subject to hydrolysis) is 1. The number of aliphatic hydroxyl groups excluding tert-OH is 1. The fourth-order valence-corrected chi connectivity index (χ4v) is 3.37. The molecule has 6 nitrogen and oxygen atoms in total. The van der Waals surface area contributed by atoms with Crippen molar-refractivity contribution in [2.24, 2.45) is 0 Å². The molecule has 1 amide bonds. The molecular weight excluding hydrogens is 358 g/mol. The molecule has 28 heavy (non-hydrogen) atoms. The number of aliphatic hydroxyl groups is 1. The second kappa shape index (κ2) is 8.71. The summed E-state index contributed by atoms with van der Waals surface area (Å²) >= 11 is 0. The molecule has 3 rings (SSSR count). The largest absolute Gasteiger partial charge is 0.460 e. The number of carbonyl (C=O) groups is 2. The van der Waals surface area contributed by atoms with Gasteiger partial charge in [0.05, 0.1) is 6.10 Å². The SMILES string of the molecule is C=CCOC(=O)C(NC(=O)OCC1c2ccccc2-c2ccccc21)C(C)O. The highest BCUT2D eigenvalue weighted by Gasteiger charge is 2.31. The highest BCUT2D eigenvalue weighted by Crippen LogP contribution is 2.44. The van der Waals surface area contributed by atoms with Crippen LogP contribution in [-0.2, 0) is 14.3 Å². The Morgan fingerprint density at radius 3 is 2.21 bits per heavy atom. The minimum atomic E-state index is -1.21. The summed E-state index contributed by atoms with van der Waals surface area (Å²) in [5, 5.41) is 12.2. The van der Waals surface area contributed by atoms with Crippen molar-refractivity contribution in [2.45, 2.75) is 25.0 Å². The van der Waals surface area contributed by atoms with Crippen LogP contribution in [0.25, 0.3) is 11.1 Å². The van der Waals surface area contributed by atoms with Crippen molar-refractivity contribution in [3.8, 4) is 11.1 Å². The number of benzene rings is 2. The first-order valence-electron chi connectivity index (χ1n) is 9.10. The first-order valence-corrected chi connectivity index (χ1v) is 9.10. The summed E-state index contributed by atoms with van der Waals surface area (Å²) in [6.45, 7) is 4.96. The van der Waals surface area contributed by atoms with E-state index in [1.807, 2.05) is 48.5 Å². The molecule has 2 aromatic carbocycles. The summed E-state index contributed by atoms with van der Waals surface area (Å²) in [6, 6.07) is 14.8. The zero-order valence-corrected chi connectivity index (χ0v) is 15.6. The van der Waals surface area contributed by atoms with Crippen LogP contribution >= 0.6 is 0 Å². The molecule has 146 valence electrons. The molecule has 2 aromatic rings. The maximum atomic E-state index is 12.2. The molecule has 0 fully saturated rings. The van der Waals surface area contributed by atoms with Gasteiger partial charge in [0.1, 0.15) is 13.2 Å². The van der Waals surface area contributed by atoms with E-state index in [1.54, 1.807) is 0 Å². The Kier molecular flexibility index (Phi) is 6.11. The molecule has 1 aliphatic rings. The van der Waals surface area contributed by atoms with Gasteiger partial charge in [-0.25, -0.2) is 9.59 Å². The Hall–Kier alpha value is -3.12. The summed E-state index contributed by atoms with van der Waals surface area (Å²) in [7, 11) is 0. The van der Waals surface area contributed by atoms with Gasteiger partial charge in [-0.05, 0) is 29.2 Å². The lowest BCUT2D eigenvalue weighted by Crippen LogP contribution is -2.48. The van der Waals surface area contributed by atoms with Crippen LogP contribution in [0, 0.1) is 0 Å². The molecule has 0 spiro atoms. The monoisotopic (exact) mass is 381 g/mol. The van der Waals surface area contributed by atoms with Crippen molar-refractivity contribution in [1.29, 1.82) is 0 Å². The van der Waals surface area contributed by atoms with Crippen LogP contribution in [0.3, 0.4) is 0 Å². The number of amides is 1. The highest BCUT2D eigenvalue weighted by molar-refractivity contribution is 5.82. The van der Waals surface area contributed by atoms with Crippen LogP contribution in [0.1, 0.15) is 24.0 Å². The quantitative estimate of drug-likeness (QED) is 0.569. The highest BCUT2D eigenvalue weighted by atomic mass is 16.6. The van der Waals surface area contributed by atoms with E-state index in [1.165, 1.54) is 13.0 Å². The van der Waals surface area contributed by atoms with E-state index in [2.05, 4.69) is 11.9 Å². The molecule has 0 aliphatic heterocycles. The van der Waals surface area contributed by atoms with Crippen LogP contribution in [0.2, 0.25) is 0 Å². The summed E-state index contributed by atoms with van der Waals surface area (Å²) in [5.41, 5.74) is 4.44. The van der Waals surface area contributed by atoms with Gasteiger partial charge in [-0.1, -0.05) is 61.2 Å². The average Bonchev–Trinajstić information content (AvgIpc) is 3.02. The molecule has 0 aromatic heterocycles. The lowest BCUT2D eigenvalue weighted by atomic mass is 9.98. The van der Waals surface area contributed by atoms with Gasteiger partial charge in [0, 0.05) is 5.92 Å². The fraction of sp³-hybridized carbons (Fsp3) is 0.273. The summed E-state index contributed by atoms with van der Waals surface area (Å²) in [5.74, 6) is -0.834. The Morgan fingerprint density at radius 1 is 1.11 bits per heavy atom. The van der Waals surface area contributed by atoms with Gasteiger partial charge >= 0.3 is 12.1 Å². The van der Waals surface area contributed by atoms with Crippen LogP contribution in [0.4, 0.5) is 4.79 Å². The number of nitrogens with one attached hydrogen (secondary N) is 1. The summed E-state index contributed by atoms with van der Waals surface area (Å²) in [6.07, 6.45) is -0.509. The first-order chi connectivity index (χ1) is 13.5. The van der Waals surface area contributed by atoms with Gasteiger partial charge in [0.2, 0.25) is 0 Å². The Labute approximate surface area is 163 Å². The van der Waals surface area contributed by atoms with Crippen molar-refractivity contribution in [2.75, 3.05) is 13.2 Å². The van der Waals surface area contributed by atoms with E-state index >= 15 is 0 Å². The number of ether oxygens (including phenoxy) is 2. The van der Waals surface area contributed by atoms with Gasteiger partial charge in [-0.15, -0.1) is 0 Å². The fourth-order valence-electron chi connectivity index (χ4n) is 3.37. The van der Waals surface area contributed by atoms with E-state index in [0.717, 1.165) is 22.3 Å². The first kappa shape index (κ1) is 19.6. The number of fused-ring (bicyclic) bond motifs is 3. The lowest BCUT2D eigenvalue weighted by Gasteiger charge is -2.20. The van der Waals surface area contributed by atoms with Crippen LogP contribution in [0.15, 0.2) is 61.2 Å². The average molecular weight is 381 g/mol. The second-order valence-corrected chi connectivity index (χ2v) is 6.61. The third kappa shape index (κ3) is 4.07. The Morgan fingerprint density at radius 2 is 1.68 bits per heavy atom. The number of rotatable bonds is 7. The number of carbonyl (C=O) groups excluding carboxylic acids is 2. The van der Waals surface area contributed by atoms with Crippen molar-refractivity contribution >= 4 is 12.1 Å². The smallest absolute Gasteiger partial charge is 0.407 e. The van der Waals surface area contributed by atoms with Gasteiger partial charge in [-0.3, -0.25) is 0 Å². The summed E-state index contributed by atoms with van der Waals surface area (Å²) in [4.78, 5) is 24.2.